The van der Waals surface area contributed by atoms with Crippen LogP contribution in [0.2, 0.25) is 0 Å². The molecule has 1 atom stereocenters. The molecule has 0 saturated carbocycles. The van der Waals surface area contributed by atoms with E-state index in [4.69, 9.17) is 0 Å². The second-order valence-electron chi connectivity index (χ2n) is 9.43. The summed E-state index contributed by atoms with van der Waals surface area (Å²) in [5, 5.41) is 3.72. The fourth-order valence-electron chi connectivity index (χ4n) is 5.29. The molecule has 2 aliphatic rings. The third kappa shape index (κ3) is 4.97. The Morgan fingerprint density at radius 3 is 2.35 bits per heavy atom. The molecule has 0 aromatic heterocycles. The number of rotatable bonds is 10. The van der Waals surface area contributed by atoms with E-state index in [9.17, 15) is 9.59 Å². The fourth-order valence-corrected chi connectivity index (χ4v) is 5.29. The first kappa shape index (κ1) is 22.5. The van der Waals surface area contributed by atoms with Crippen molar-refractivity contribution in [2.45, 2.75) is 51.0 Å². The zero-order chi connectivity index (χ0) is 23.3. The molecule has 1 amide bonds. The van der Waals surface area contributed by atoms with Crippen LogP contribution in [0, 0.1) is 0 Å². The third-order valence-corrected chi connectivity index (χ3v) is 7.08. The first-order valence-corrected chi connectivity index (χ1v) is 12.5. The Morgan fingerprint density at radius 1 is 0.882 bits per heavy atom. The van der Waals surface area contributed by atoms with E-state index in [2.05, 4.69) is 66.0 Å². The fraction of sp³-hybridized carbons (Fsp3) is 0.333. The van der Waals surface area contributed by atoms with Crippen LogP contribution >= 0.6 is 0 Å². The number of ketones is 1. The van der Waals surface area contributed by atoms with Crippen molar-refractivity contribution in [3.05, 3.63) is 101 Å². The summed E-state index contributed by atoms with van der Waals surface area (Å²) in [4.78, 5) is 27.0. The predicted octanol–water partition coefficient (Wildman–Crippen LogP) is 5.45. The number of benzene rings is 3. The van der Waals surface area contributed by atoms with E-state index < -0.39 is 0 Å². The van der Waals surface area contributed by atoms with Gasteiger partial charge < -0.3 is 10.2 Å². The number of amides is 1. The normalized spacial score (nSPS) is 15.3. The van der Waals surface area contributed by atoms with Crippen molar-refractivity contribution in [2.24, 2.45) is 0 Å². The zero-order valence-electron chi connectivity index (χ0n) is 19.6. The van der Waals surface area contributed by atoms with Crippen LogP contribution in [-0.2, 0) is 24.1 Å². The summed E-state index contributed by atoms with van der Waals surface area (Å²) in [6.07, 6.45) is 5.52. The monoisotopic (exact) mass is 452 g/mol. The molecule has 5 rings (SSSR count). The molecule has 2 aliphatic heterocycles. The van der Waals surface area contributed by atoms with Crippen molar-refractivity contribution in [2.75, 3.05) is 18.0 Å². The Labute approximate surface area is 202 Å². The van der Waals surface area contributed by atoms with Gasteiger partial charge in [0.25, 0.3) is 0 Å². The molecule has 1 N–H and O–H groups in total. The molecule has 0 saturated heterocycles. The number of Topliss-reactive ketones (excluding diaryl/α,β-unsaturated/α-hetero) is 1. The van der Waals surface area contributed by atoms with E-state index in [1.165, 1.54) is 22.3 Å². The van der Waals surface area contributed by atoms with Crippen molar-refractivity contribution < 1.29 is 9.59 Å². The lowest BCUT2D eigenvalue weighted by molar-refractivity contribution is -0.118. The Morgan fingerprint density at radius 2 is 1.59 bits per heavy atom. The molecule has 0 bridgehead atoms. The van der Waals surface area contributed by atoms with Gasteiger partial charge in [0.15, 0.2) is 5.78 Å². The minimum atomic E-state index is 0.221. The number of aryl methyl sites for hydroxylation is 1. The second kappa shape index (κ2) is 10.4. The van der Waals surface area contributed by atoms with Crippen LogP contribution in [0.3, 0.4) is 0 Å². The van der Waals surface area contributed by atoms with E-state index in [0.29, 0.717) is 12.8 Å². The Kier molecular flexibility index (Phi) is 6.87. The van der Waals surface area contributed by atoms with Crippen molar-refractivity contribution >= 4 is 17.4 Å². The maximum Gasteiger partial charge on any atom is 0.227 e. The number of unbranched alkanes of at least 4 members (excludes halogenated alkanes) is 1. The lowest BCUT2D eigenvalue weighted by Crippen LogP contribution is -2.32. The number of hydrogen-bond acceptors (Lipinski definition) is 3. The maximum absolute atomic E-state index is 12.9. The molecule has 4 nitrogen and oxygen atoms in total. The molecule has 34 heavy (non-hydrogen) atoms. The molecule has 174 valence electrons. The molecular weight excluding hydrogens is 420 g/mol. The number of anilines is 1. The molecule has 0 spiro atoms. The Hall–Kier alpha value is -3.24. The van der Waals surface area contributed by atoms with E-state index in [-0.39, 0.29) is 17.7 Å². The lowest BCUT2D eigenvalue weighted by atomic mass is 9.94. The van der Waals surface area contributed by atoms with Gasteiger partial charge in [-0.25, -0.2) is 0 Å². The molecule has 0 fully saturated rings. The Bertz CT molecular complexity index is 1160. The molecule has 3 aromatic rings. The Balaban J connectivity index is 1.15. The minimum absolute atomic E-state index is 0.221. The van der Waals surface area contributed by atoms with Crippen molar-refractivity contribution in [1.82, 2.24) is 5.32 Å². The van der Waals surface area contributed by atoms with Gasteiger partial charge in [-0.05, 0) is 73.0 Å². The lowest BCUT2D eigenvalue weighted by Gasteiger charge is -2.25. The van der Waals surface area contributed by atoms with Crippen LogP contribution in [0.25, 0.3) is 0 Å². The predicted molar refractivity (Wildman–Crippen MR) is 136 cm³/mol. The first-order valence-electron chi connectivity index (χ1n) is 12.5. The molecule has 2 heterocycles. The van der Waals surface area contributed by atoms with Crippen LogP contribution in [0.15, 0.2) is 72.8 Å². The largest absolute Gasteiger partial charge is 0.312 e. The highest BCUT2D eigenvalue weighted by molar-refractivity contribution is 6.02. The summed E-state index contributed by atoms with van der Waals surface area (Å²) in [6, 6.07) is 25.5. The summed E-state index contributed by atoms with van der Waals surface area (Å²) in [6.45, 7) is 1.64. The summed E-state index contributed by atoms with van der Waals surface area (Å²) >= 11 is 0. The standard InChI is InChI=1S/C30H32N2O2/c33-28(26-20-24-14-15-29(34)32-18-16-25(21-26)30(24)32)13-7-8-17-31-27(23-11-5-2-6-12-23)19-22-9-3-1-4-10-22/h1-6,9-12,20-21,27,31H,7-8,13-19H2. The van der Waals surface area contributed by atoms with Crippen molar-refractivity contribution in [1.29, 1.82) is 0 Å². The van der Waals surface area contributed by atoms with Gasteiger partial charge in [-0.15, -0.1) is 0 Å². The van der Waals surface area contributed by atoms with Gasteiger partial charge in [0.05, 0.1) is 5.69 Å². The summed E-state index contributed by atoms with van der Waals surface area (Å²) in [7, 11) is 0. The first-order chi connectivity index (χ1) is 16.7. The average molecular weight is 453 g/mol. The van der Waals surface area contributed by atoms with Gasteiger partial charge in [0.2, 0.25) is 5.91 Å². The minimum Gasteiger partial charge on any atom is -0.312 e. The van der Waals surface area contributed by atoms with Crippen molar-refractivity contribution in [3.8, 4) is 0 Å². The van der Waals surface area contributed by atoms with Crippen LogP contribution < -0.4 is 10.2 Å². The van der Waals surface area contributed by atoms with Crippen molar-refractivity contribution in [3.63, 3.8) is 0 Å². The molecule has 3 aromatic carbocycles. The summed E-state index contributed by atoms with van der Waals surface area (Å²) < 4.78 is 0. The smallest absolute Gasteiger partial charge is 0.227 e. The van der Waals surface area contributed by atoms with Gasteiger partial charge in [-0.2, -0.15) is 0 Å². The van der Waals surface area contributed by atoms with E-state index in [1.54, 1.807) is 0 Å². The van der Waals surface area contributed by atoms with E-state index >= 15 is 0 Å². The van der Waals surface area contributed by atoms with Gasteiger partial charge in [0.1, 0.15) is 0 Å². The summed E-state index contributed by atoms with van der Waals surface area (Å²) in [5.41, 5.74) is 6.86. The van der Waals surface area contributed by atoms with Gasteiger partial charge in [-0.1, -0.05) is 60.7 Å². The number of nitrogens with one attached hydrogen (secondary N) is 1. The zero-order valence-corrected chi connectivity index (χ0v) is 19.6. The second-order valence-corrected chi connectivity index (χ2v) is 9.43. The van der Waals surface area contributed by atoms with E-state index in [1.807, 2.05) is 17.0 Å². The van der Waals surface area contributed by atoms with Crippen LogP contribution in [0.4, 0.5) is 5.69 Å². The SMILES string of the molecule is O=C(CCCCNC(Cc1ccccc1)c1ccccc1)c1cc2c3c(c1)CCN3C(=O)CC2. The highest BCUT2D eigenvalue weighted by atomic mass is 16.2. The molecule has 1 unspecified atom stereocenters. The topological polar surface area (TPSA) is 49.4 Å². The van der Waals surface area contributed by atoms with Crippen LogP contribution in [-0.4, -0.2) is 24.8 Å². The molecule has 4 heteroatoms. The highest BCUT2D eigenvalue weighted by Gasteiger charge is 2.31. The van der Waals surface area contributed by atoms with Crippen LogP contribution in [0.5, 0.6) is 0 Å². The molecule has 0 radical (unpaired) electrons. The highest BCUT2D eigenvalue weighted by Crippen LogP contribution is 2.37. The third-order valence-electron chi connectivity index (χ3n) is 7.08. The average Bonchev–Trinajstić information content (AvgIpc) is 3.32. The molecular formula is C30H32N2O2. The number of hydrogen-bond donors (Lipinski definition) is 1. The van der Waals surface area contributed by atoms with Gasteiger partial charge in [0, 0.05) is 31.0 Å². The van der Waals surface area contributed by atoms with Gasteiger partial charge >= 0.3 is 0 Å². The molecule has 0 aliphatic carbocycles. The number of nitrogens with zero attached hydrogens (tertiary/aromatic N) is 1. The maximum atomic E-state index is 12.9. The number of carbonyl (C=O) groups excluding carboxylic acids is 2. The van der Waals surface area contributed by atoms with Crippen LogP contribution in [0.1, 0.15) is 64.3 Å². The summed E-state index contributed by atoms with van der Waals surface area (Å²) in [5.74, 6) is 0.442. The number of carbonyl (C=O) groups is 2. The quantitative estimate of drug-likeness (QED) is 0.329. The van der Waals surface area contributed by atoms with Gasteiger partial charge in [-0.3, -0.25) is 9.59 Å². The van der Waals surface area contributed by atoms with E-state index in [0.717, 1.165) is 56.4 Å².